The number of H-pyrrole nitrogens is 1. The minimum Gasteiger partial charge on any atom is -0.361 e. The van der Waals surface area contributed by atoms with Gasteiger partial charge in [0.1, 0.15) is 0 Å². The predicted octanol–water partition coefficient (Wildman–Crippen LogP) is 4.27. The maximum atomic E-state index is 13.1. The second-order valence-electron chi connectivity index (χ2n) is 8.82. The normalized spacial score (nSPS) is 23.8. The van der Waals surface area contributed by atoms with Crippen molar-refractivity contribution < 1.29 is 9.59 Å². The zero-order valence-corrected chi connectivity index (χ0v) is 16.9. The van der Waals surface area contributed by atoms with Crippen LogP contribution in [-0.4, -0.2) is 27.8 Å². The summed E-state index contributed by atoms with van der Waals surface area (Å²) in [5.74, 6) is -0.0274. The molecular formula is C25H23N3O2. The summed E-state index contributed by atoms with van der Waals surface area (Å²) in [5, 5.41) is 5.30. The molecule has 1 amide bonds. The molecule has 150 valence electrons. The van der Waals surface area contributed by atoms with Crippen LogP contribution in [0.25, 0.3) is 21.8 Å². The molecule has 2 aliphatic heterocycles. The third-order valence-corrected chi connectivity index (χ3v) is 7.08. The van der Waals surface area contributed by atoms with Gasteiger partial charge in [0, 0.05) is 59.2 Å². The van der Waals surface area contributed by atoms with E-state index in [0.29, 0.717) is 13.0 Å². The lowest BCUT2D eigenvalue weighted by atomic mass is 9.71. The Hall–Kier alpha value is -3.34. The number of Topliss-reactive ketones (excluding diaryl/α,β-unsaturated/α-hetero) is 1. The molecule has 2 aromatic heterocycles. The number of aromatic amines is 1. The summed E-state index contributed by atoms with van der Waals surface area (Å²) < 4.78 is 2.23. The van der Waals surface area contributed by atoms with Crippen molar-refractivity contribution in [3.63, 3.8) is 0 Å². The standard InChI is InChI=1S/C25H23N3O2/c1-25(14-27-24(30)22(25)18-12-26-20-9-3-2-6-15(18)20)19-13-28-11-5-10-21(29)17-8-4-7-16(19)23(17)28/h2-4,6-9,12-13,22,26H,5,10-11,14H2,1H3,(H,27,30)/t22-,25+/m0/s1. The van der Waals surface area contributed by atoms with Gasteiger partial charge in [0.2, 0.25) is 5.91 Å². The van der Waals surface area contributed by atoms with Crippen molar-refractivity contribution in [3.8, 4) is 0 Å². The number of hydrogen-bond donors (Lipinski definition) is 2. The van der Waals surface area contributed by atoms with Gasteiger partial charge in [-0.2, -0.15) is 0 Å². The smallest absolute Gasteiger partial charge is 0.228 e. The molecule has 0 unspecified atom stereocenters. The van der Waals surface area contributed by atoms with Crippen molar-refractivity contribution in [2.45, 2.75) is 37.6 Å². The van der Waals surface area contributed by atoms with Crippen LogP contribution in [0.1, 0.15) is 47.2 Å². The number of carbonyl (C=O) groups is 2. The number of nitrogens with zero attached hydrogens (tertiary/aromatic N) is 1. The summed E-state index contributed by atoms with van der Waals surface area (Å²) in [6.07, 6.45) is 5.60. The van der Waals surface area contributed by atoms with E-state index in [-0.39, 0.29) is 17.6 Å². The first-order valence-electron chi connectivity index (χ1n) is 10.6. The van der Waals surface area contributed by atoms with Gasteiger partial charge in [-0.3, -0.25) is 9.59 Å². The first kappa shape index (κ1) is 17.5. The molecule has 0 saturated carbocycles. The molecule has 0 bridgehead atoms. The highest BCUT2D eigenvalue weighted by molar-refractivity contribution is 6.09. The van der Waals surface area contributed by atoms with Crippen LogP contribution in [0.5, 0.6) is 0 Å². The highest BCUT2D eigenvalue weighted by Gasteiger charge is 2.49. The zero-order chi connectivity index (χ0) is 20.5. The number of amides is 1. The van der Waals surface area contributed by atoms with Crippen molar-refractivity contribution in [2.24, 2.45) is 0 Å². The fourth-order valence-corrected chi connectivity index (χ4v) is 5.59. The molecule has 0 radical (unpaired) electrons. The quantitative estimate of drug-likeness (QED) is 0.530. The molecule has 4 aromatic rings. The Morgan fingerprint density at radius 2 is 1.90 bits per heavy atom. The number of nitrogens with one attached hydrogen (secondary N) is 2. The lowest BCUT2D eigenvalue weighted by Crippen LogP contribution is -2.30. The molecule has 5 nitrogen and oxygen atoms in total. The van der Waals surface area contributed by atoms with Gasteiger partial charge in [-0.25, -0.2) is 0 Å². The number of aromatic nitrogens is 2. The molecule has 4 heterocycles. The molecule has 2 aliphatic rings. The van der Waals surface area contributed by atoms with Crippen LogP contribution >= 0.6 is 0 Å². The second kappa shape index (κ2) is 6.08. The maximum Gasteiger partial charge on any atom is 0.228 e. The van der Waals surface area contributed by atoms with Crippen LogP contribution in [0.2, 0.25) is 0 Å². The Morgan fingerprint density at radius 1 is 1.07 bits per heavy atom. The van der Waals surface area contributed by atoms with Gasteiger partial charge in [0.15, 0.2) is 5.78 Å². The number of fused-ring (bicyclic) bond motifs is 1. The molecule has 6 rings (SSSR count). The van der Waals surface area contributed by atoms with E-state index in [2.05, 4.69) is 40.1 Å². The Morgan fingerprint density at radius 3 is 2.80 bits per heavy atom. The van der Waals surface area contributed by atoms with Crippen LogP contribution < -0.4 is 5.32 Å². The third kappa shape index (κ3) is 2.23. The summed E-state index contributed by atoms with van der Waals surface area (Å²) in [4.78, 5) is 29.1. The summed E-state index contributed by atoms with van der Waals surface area (Å²) >= 11 is 0. The minimum absolute atomic E-state index is 0.0579. The van der Waals surface area contributed by atoms with Gasteiger partial charge >= 0.3 is 0 Å². The first-order chi connectivity index (χ1) is 14.6. The van der Waals surface area contributed by atoms with Gasteiger partial charge in [-0.1, -0.05) is 37.3 Å². The number of aryl methyl sites for hydroxylation is 1. The number of rotatable bonds is 2. The molecular weight excluding hydrogens is 374 g/mol. The van der Waals surface area contributed by atoms with E-state index in [4.69, 9.17) is 0 Å². The lowest BCUT2D eigenvalue weighted by Gasteiger charge is -2.29. The van der Waals surface area contributed by atoms with Crippen molar-refractivity contribution in [1.29, 1.82) is 0 Å². The monoisotopic (exact) mass is 397 g/mol. The number of ketones is 1. The Labute approximate surface area is 174 Å². The molecule has 2 atom stereocenters. The molecule has 2 aromatic carbocycles. The van der Waals surface area contributed by atoms with Crippen molar-refractivity contribution in [3.05, 3.63) is 71.5 Å². The Balaban J connectivity index is 1.60. The average Bonchev–Trinajstić information content (AvgIpc) is 3.39. The fourth-order valence-electron chi connectivity index (χ4n) is 5.59. The number of para-hydroxylation sites is 2. The third-order valence-electron chi connectivity index (χ3n) is 7.08. The van der Waals surface area contributed by atoms with Crippen LogP contribution in [0.15, 0.2) is 54.9 Å². The van der Waals surface area contributed by atoms with E-state index < -0.39 is 5.41 Å². The molecule has 1 fully saturated rings. The lowest BCUT2D eigenvalue weighted by molar-refractivity contribution is -0.120. The number of benzene rings is 2. The summed E-state index contributed by atoms with van der Waals surface area (Å²) in [5.41, 5.74) is 4.63. The van der Waals surface area contributed by atoms with E-state index in [1.165, 1.54) is 0 Å². The van der Waals surface area contributed by atoms with Gasteiger partial charge in [-0.15, -0.1) is 0 Å². The van der Waals surface area contributed by atoms with Crippen molar-refractivity contribution in [2.75, 3.05) is 6.54 Å². The van der Waals surface area contributed by atoms with Crippen LogP contribution in [-0.2, 0) is 16.8 Å². The summed E-state index contributed by atoms with van der Waals surface area (Å²) in [6.45, 7) is 3.58. The van der Waals surface area contributed by atoms with Crippen LogP contribution in [0.4, 0.5) is 0 Å². The van der Waals surface area contributed by atoms with Crippen LogP contribution in [0.3, 0.4) is 0 Å². The zero-order valence-electron chi connectivity index (χ0n) is 16.9. The van der Waals surface area contributed by atoms with E-state index in [0.717, 1.165) is 51.5 Å². The molecule has 2 N–H and O–H groups in total. The topological polar surface area (TPSA) is 66.9 Å². The van der Waals surface area contributed by atoms with Crippen molar-refractivity contribution >= 4 is 33.5 Å². The SMILES string of the molecule is C[C@]1(c2cn3c4c(cccc24)C(=O)CCC3)CNC(=O)[C@@H]1c1c[nH]c2ccccc12. The molecule has 30 heavy (non-hydrogen) atoms. The predicted molar refractivity (Wildman–Crippen MR) is 117 cm³/mol. The first-order valence-corrected chi connectivity index (χ1v) is 10.6. The van der Waals surface area contributed by atoms with E-state index in [9.17, 15) is 9.59 Å². The molecule has 1 saturated heterocycles. The van der Waals surface area contributed by atoms with Gasteiger partial charge in [0.05, 0.1) is 11.4 Å². The number of hydrogen-bond acceptors (Lipinski definition) is 2. The summed E-state index contributed by atoms with van der Waals surface area (Å²) in [6, 6.07) is 14.1. The highest BCUT2D eigenvalue weighted by atomic mass is 16.2. The second-order valence-corrected chi connectivity index (χ2v) is 8.82. The minimum atomic E-state index is -0.410. The van der Waals surface area contributed by atoms with Gasteiger partial charge in [0.25, 0.3) is 0 Å². The van der Waals surface area contributed by atoms with E-state index >= 15 is 0 Å². The van der Waals surface area contributed by atoms with Crippen molar-refractivity contribution in [1.82, 2.24) is 14.9 Å². The van der Waals surface area contributed by atoms with Crippen LogP contribution in [0, 0.1) is 0 Å². The Bertz CT molecular complexity index is 1350. The Kier molecular flexibility index (Phi) is 3.55. The fraction of sp³-hybridized carbons (Fsp3) is 0.280. The van der Waals surface area contributed by atoms with Gasteiger partial charge in [-0.05, 0) is 29.7 Å². The van der Waals surface area contributed by atoms with Gasteiger partial charge < -0.3 is 14.9 Å². The van der Waals surface area contributed by atoms with E-state index in [1.54, 1.807) is 0 Å². The average molecular weight is 397 g/mol. The maximum absolute atomic E-state index is 13.1. The largest absolute Gasteiger partial charge is 0.361 e. The molecule has 0 aliphatic carbocycles. The molecule has 5 heteroatoms. The van der Waals surface area contributed by atoms with E-state index in [1.807, 2.05) is 36.5 Å². The number of carbonyl (C=O) groups excluding carboxylic acids is 2. The highest BCUT2D eigenvalue weighted by Crippen LogP contribution is 2.47. The summed E-state index contributed by atoms with van der Waals surface area (Å²) in [7, 11) is 0. The molecule has 0 spiro atoms.